The van der Waals surface area contributed by atoms with Crippen molar-refractivity contribution in [3.8, 4) is 0 Å². The molecule has 3 rings (SSSR count). The summed E-state index contributed by atoms with van der Waals surface area (Å²) in [4.78, 5) is 27.8. The molecule has 2 heterocycles. The topological polar surface area (TPSA) is 83.7 Å². The highest BCUT2D eigenvalue weighted by molar-refractivity contribution is 5.93. The quantitative estimate of drug-likeness (QED) is 0.724. The maximum absolute atomic E-state index is 12.4. The molecular formula is C19H19N3O3. The van der Waals surface area contributed by atoms with Crippen LogP contribution in [0, 0.1) is 0 Å². The van der Waals surface area contributed by atoms with Crippen molar-refractivity contribution in [3.63, 3.8) is 0 Å². The first-order valence-electron chi connectivity index (χ1n) is 8.15. The summed E-state index contributed by atoms with van der Waals surface area (Å²) < 4.78 is 1.78. The van der Waals surface area contributed by atoms with Crippen LogP contribution in [0.3, 0.4) is 0 Å². The lowest BCUT2D eigenvalue weighted by Gasteiger charge is -2.11. The van der Waals surface area contributed by atoms with Gasteiger partial charge in [-0.2, -0.15) is 0 Å². The third kappa shape index (κ3) is 3.68. The number of nitrogens with zero attached hydrogens (tertiary/aromatic N) is 2. The molecule has 0 radical (unpaired) electrons. The van der Waals surface area contributed by atoms with Crippen molar-refractivity contribution in [3.05, 3.63) is 71.2 Å². The second-order valence-electron chi connectivity index (χ2n) is 5.81. The number of fused-ring (bicyclic) bond motifs is 1. The first-order chi connectivity index (χ1) is 12.1. The summed E-state index contributed by atoms with van der Waals surface area (Å²) in [5.74, 6) is -1.26. The number of carbonyl (C=O) groups excluding carboxylic acids is 1. The van der Waals surface area contributed by atoms with Gasteiger partial charge in [0.1, 0.15) is 11.3 Å². The Labute approximate surface area is 145 Å². The number of aromatic carboxylic acids is 1. The number of nitrogens with one attached hydrogen (secondary N) is 1. The van der Waals surface area contributed by atoms with Crippen LogP contribution in [-0.4, -0.2) is 26.4 Å². The van der Waals surface area contributed by atoms with Crippen LogP contribution in [0.5, 0.6) is 0 Å². The lowest BCUT2D eigenvalue weighted by Crippen LogP contribution is -2.24. The van der Waals surface area contributed by atoms with Crippen molar-refractivity contribution in [2.75, 3.05) is 0 Å². The molecule has 3 aromatic rings. The van der Waals surface area contributed by atoms with Crippen LogP contribution in [0.1, 0.15) is 45.3 Å². The molecule has 2 aromatic heterocycles. The molecular weight excluding hydrogens is 318 g/mol. The largest absolute Gasteiger partial charge is 0.478 e. The average Bonchev–Trinajstić information content (AvgIpc) is 3.05. The highest BCUT2D eigenvalue weighted by Crippen LogP contribution is 2.15. The Morgan fingerprint density at radius 3 is 2.76 bits per heavy atom. The summed E-state index contributed by atoms with van der Waals surface area (Å²) in [6, 6.07) is 10.6. The third-order valence-corrected chi connectivity index (χ3v) is 4.01. The van der Waals surface area contributed by atoms with E-state index in [2.05, 4.69) is 17.2 Å². The van der Waals surface area contributed by atoms with Gasteiger partial charge in [-0.1, -0.05) is 25.5 Å². The number of carboxylic acids is 1. The predicted molar refractivity (Wildman–Crippen MR) is 93.8 cm³/mol. The van der Waals surface area contributed by atoms with E-state index in [1.54, 1.807) is 22.7 Å². The van der Waals surface area contributed by atoms with Gasteiger partial charge in [0.15, 0.2) is 0 Å². The predicted octanol–water partition coefficient (Wildman–Crippen LogP) is 2.92. The van der Waals surface area contributed by atoms with E-state index in [0.717, 1.165) is 24.0 Å². The summed E-state index contributed by atoms with van der Waals surface area (Å²) in [7, 11) is 0. The van der Waals surface area contributed by atoms with Crippen molar-refractivity contribution in [2.45, 2.75) is 26.3 Å². The van der Waals surface area contributed by atoms with E-state index in [1.807, 2.05) is 30.5 Å². The van der Waals surface area contributed by atoms with Gasteiger partial charge in [0.2, 0.25) is 0 Å². The first-order valence-corrected chi connectivity index (χ1v) is 8.15. The van der Waals surface area contributed by atoms with Gasteiger partial charge in [-0.25, -0.2) is 9.78 Å². The average molecular weight is 337 g/mol. The lowest BCUT2D eigenvalue weighted by atomic mass is 10.00. The number of hydrogen-bond donors (Lipinski definition) is 2. The van der Waals surface area contributed by atoms with Gasteiger partial charge in [-0.15, -0.1) is 0 Å². The molecule has 0 saturated heterocycles. The van der Waals surface area contributed by atoms with Crippen molar-refractivity contribution >= 4 is 17.5 Å². The smallest absolute Gasteiger partial charge is 0.335 e. The minimum Gasteiger partial charge on any atom is -0.478 e. The van der Waals surface area contributed by atoms with Crippen LogP contribution in [0.2, 0.25) is 0 Å². The fourth-order valence-corrected chi connectivity index (χ4v) is 2.75. The van der Waals surface area contributed by atoms with Gasteiger partial charge < -0.3 is 14.8 Å². The molecule has 25 heavy (non-hydrogen) atoms. The van der Waals surface area contributed by atoms with Crippen LogP contribution in [0.15, 0.2) is 48.8 Å². The molecule has 0 aliphatic carbocycles. The zero-order valence-electron chi connectivity index (χ0n) is 13.9. The molecule has 0 bridgehead atoms. The van der Waals surface area contributed by atoms with Gasteiger partial charge in [0.25, 0.3) is 5.91 Å². The maximum atomic E-state index is 12.4. The minimum atomic E-state index is -0.976. The number of aromatic nitrogens is 2. The van der Waals surface area contributed by atoms with Crippen LogP contribution in [0.4, 0.5) is 0 Å². The van der Waals surface area contributed by atoms with Crippen LogP contribution < -0.4 is 5.32 Å². The Hall–Kier alpha value is -3.15. The third-order valence-electron chi connectivity index (χ3n) is 4.01. The SMILES string of the molecule is CCCc1ccc(C(=O)O)cc1CNC(=O)c1cn2ccccc2n1. The zero-order chi connectivity index (χ0) is 17.8. The summed E-state index contributed by atoms with van der Waals surface area (Å²) in [5.41, 5.74) is 3.11. The summed E-state index contributed by atoms with van der Waals surface area (Å²) in [5, 5.41) is 12.0. The van der Waals surface area contributed by atoms with Crippen molar-refractivity contribution in [1.29, 1.82) is 0 Å². The second kappa shape index (κ2) is 7.17. The summed E-state index contributed by atoms with van der Waals surface area (Å²) >= 11 is 0. The van der Waals surface area contributed by atoms with Gasteiger partial charge in [0, 0.05) is 18.9 Å². The molecule has 1 amide bonds. The molecule has 0 spiro atoms. The highest BCUT2D eigenvalue weighted by atomic mass is 16.4. The Kier molecular flexibility index (Phi) is 4.79. The Bertz CT molecular complexity index is 898. The molecule has 2 N–H and O–H groups in total. The summed E-state index contributed by atoms with van der Waals surface area (Å²) in [6.07, 6.45) is 5.28. The number of rotatable bonds is 6. The number of aryl methyl sites for hydroxylation is 1. The molecule has 0 fully saturated rings. The van der Waals surface area contributed by atoms with E-state index < -0.39 is 5.97 Å². The number of amides is 1. The molecule has 0 unspecified atom stereocenters. The monoisotopic (exact) mass is 337 g/mol. The van der Waals surface area contributed by atoms with E-state index in [9.17, 15) is 9.59 Å². The standard InChI is InChI=1S/C19H19N3O3/c1-2-5-13-7-8-14(19(24)25)10-15(13)11-20-18(23)16-12-22-9-4-3-6-17(22)21-16/h3-4,6-10,12H,2,5,11H2,1H3,(H,20,23)(H,24,25). The Balaban J connectivity index is 1.78. The molecule has 1 aromatic carbocycles. The van der Waals surface area contributed by atoms with E-state index in [0.29, 0.717) is 11.3 Å². The molecule has 0 aliphatic rings. The van der Waals surface area contributed by atoms with E-state index in [4.69, 9.17) is 5.11 Å². The van der Waals surface area contributed by atoms with Crippen molar-refractivity contribution < 1.29 is 14.7 Å². The van der Waals surface area contributed by atoms with Crippen LogP contribution in [0.25, 0.3) is 5.65 Å². The lowest BCUT2D eigenvalue weighted by molar-refractivity contribution is 0.0696. The number of hydrogen-bond acceptors (Lipinski definition) is 3. The fraction of sp³-hybridized carbons (Fsp3) is 0.211. The molecule has 0 atom stereocenters. The first kappa shape index (κ1) is 16.7. The molecule has 128 valence electrons. The Morgan fingerprint density at radius 1 is 1.20 bits per heavy atom. The fourth-order valence-electron chi connectivity index (χ4n) is 2.75. The van der Waals surface area contributed by atoms with Gasteiger partial charge in [-0.05, 0) is 41.8 Å². The molecule has 0 saturated carbocycles. The molecule has 6 nitrogen and oxygen atoms in total. The van der Waals surface area contributed by atoms with Gasteiger partial charge >= 0.3 is 5.97 Å². The van der Waals surface area contributed by atoms with Crippen LogP contribution in [-0.2, 0) is 13.0 Å². The normalized spacial score (nSPS) is 10.8. The zero-order valence-corrected chi connectivity index (χ0v) is 13.9. The van der Waals surface area contributed by atoms with Crippen LogP contribution >= 0.6 is 0 Å². The number of benzene rings is 1. The van der Waals surface area contributed by atoms with Gasteiger partial charge in [0.05, 0.1) is 5.56 Å². The number of carboxylic acid groups (broad SMARTS) is 1. The molecule has 0 aliphatic heterocycles. The van der Waals surface area contributed by atoms with E-state index >= 15 is 0 Å². The van der Waals surface area contributed by atoms with E-state index in [1.165, 1.54) is 0 Å². The number of carbonyl (C=O) groups is 2. The maximum Gasteiger partial charge on any atom is 0.335 e. The van der Waals surface area contributed by atoms with E-state index in [-0.39, 0.29) is 18.0 Å². The minimum absolute atomic E-state index is 0.219. The number of imidazole rings is 1. The highest BCUT2D eigenvalue weighted by Gasteiger charge is 2.13. The van der Waals surface area contributed by atoms with Crippen molar-refractivity contribution in [1.82, 2.24) is 14.7 Å². The second-order valence-corrected chi connectivity index (χ2v) is 5.81. The summed E-state index contributed by atoms with van der Waals surface area (Å²) in [6.45, 7) is 2.33. The van der Waals surface area contributed by atoms with Gasteiger partial charge in [-0.3, -0.25) is 4.79 Å². The Morgan fingerprint density at radius 2 is 2.04 bits per heavy atom. The number of pyridine rings is 1. The van der Waals surface area contributed by atoms with Crippen molar-refractivity contribution in [2.24, 2.45) is 0 Å². The molecule has 6 heteroatoms.